The van der Waals surface area contributed by atoms with Crippen LogP contribution in [-0.4, -0.2) is 53.5 Å². The maximum absolute atomic E-state index is 12.1. The number of rotatable bonds is 27. The summed E-state index contributed by atoms with van der Waals surface area (Å²) in [6.07, 6.45) is 17.5. The fraction of sp³-hybridized carbons (Fsp3) is 0.893. The molecular formula is C28H54NO9P. The van der Waals surface area contributed by atoms with Gasteiger partial charge in [0.25, 0.3) is 0 Å². The van der Waals surface area contributed by atoms with E-state index in [9.17, 15) is 18.9 Å². The molecule has 0 unspecified atom stereocenters. The van der Waals surface area contributed by atoms with Crippen molar-refractivity contribution in [1.82, 2.24) is 5.32 Å². The van der Waals surface area contributed by atoms with Crippen LogP contribution in [0.5, 0.6) is 0 Å². The van der Waals surface area contributed by atoms with Crippen LogP contribution in [0.25, 0.3) is 0 Å². The van der Waals surface area contributed by atoms with Crippen LogP contribution in [0.3, 0.4) is 0 Å². The van der Waals surface area contributed by atoms with Gasteiger partial charge in [-0.2, -0.15) is 0 Å². The lowest BCUT2D eigenvalue weighted by atomic mass is 10.1. The molecule has 0 aliphatic carbocycles. The Morgan fingerprint density at radius 2 is 1.15 bits per heavy atom. The number of carbonyl (C=O) groups excluding carboxylic acids is 3. The fourth-order valence-electron chi connectivity index (χ4n) is 4.10. The number of nitrogens with one attached hydrogen (secondary N) is 1. The number of hydrogen-bond donors (Lipinski definition) is 3. The molecule has 0 aromatic carbocycles. The molecule has 1 atom stereocenters. The van der Waals surface area contributed by atoms with E-state index in [1.807, 2.05) is 0 Å². The minimum absolute atomic E-state index is 0.0309. The van der Waals surface area contributed by atoms with Gasteiger partial charge in [-0.15, -0.1) is 0 Å². The molecule has 0 heterocycles. The third kappa shape index (κ3) is 29.3. The first-order valence-electron chi connectivity index (χ1n) is 14.9. The second kappa shape index (κ2) is 25.5. The Labute approximate surface area is 235 Å². The number of hydrogen-bond acceptors (Lipinski definition) is 7. The summed E-state index contributed by atoms with van der Waals surface area (Å²) in [5, 5.41) is 2.81. The van der Waals surface area contributed by atoms with Gasteiger partial charge < -0.3 is 24.6 Å². The normalized spacial score (nSPS) is 12.2. The molecular weight excluding hydrogens is 525 g/mol. The molecule has 230 valence electrons. The highest BCUT2D eigenvalue weighted by atomic mass is 31.2. The van der Waals surface area contributed by atoms with E-state index in [-0.39, 0.29) is 25.4 Å². The van der Waals surface area contributed by atoms with Gasteiger partial charge in [0.15, 0.2) is 6.10 Å². The lowest BCUT2D eigenvalue weighted by Gasteiger charge is -2.18. The average Bonchev–Trinajstić information content (AvgIpc) is 2.87. The van der Waals surface area contributed by atoms with Crippen LogP contribution in [0, 0.1) is 0 Å². The van der Waals surface area contributed by atoms with Gasteiger partial charge in [0.2, 0.25) is 5.91 Å². The van der Waals surface area contributed by atoms with E-state index < -0.39 is 32.5 Å². The molecule has 0 rings (SSSR count). The second-order valence-corrected chi connectivity index (χ2v) is 11.5. The minimum atomic E-state index is -4.74. The Hall–Kier alpha value is -1.48. The molecule has 11 heteroatoms. The van der Waals surface area contributed by atoms with E-state index in [0.29, 0.717) is 12.8 Å². The first-order valence-corrected chi connectivity index (χ1v) is 16.5. The standard InChI is InChI=1S/C28H54NO9P/c1-3-4-5-6-14-18-21-28(32)38-26(24-37-39(33,34)35)23-36-27(31)20-17-15-12-10-8-7-9-11-13-16-19-22-29-25(2)30/h26H,3-24H2,1-2H3,(H,29,30)(H2,33,34,35)/t26-/m1/s1. The van der Waals surface area contributed by atoms with Crippen LogP contribution in [0.2, 0.25) is 0 Å². The largest absolute Gasteiger partial charge is 0.469 e. The molecule has 0 radical (unpaired) electrons. The van der Waals surface area contributed by atoms with Crippen LogP contribution in [0.15, 0.2) is 0 Å². The van der Waals surface area contributed by atoms with Crippen molar-refractivity contribution in [2.24, 2.45) is 0 Å². The molecule has 0 fully saturated rings. The zero-order valence-corrected chi connectivity index (χ0v) is 25.2. The number of carbonyl (C=O) groups is 3. The van der Waals surface area contributed by atoms with Gasteiger partial charge in [-0.05, 0) is 19.3 Å². The van der Waals surface area contributed by atoms with Crippen molar-refractivity contribution in [3.8, 4) is 0 Å². The number of amides is 1. The van der Waals surface area contributed by atoms with E-state index in [1.54, 1.807) is 0 Å². The van der Waals surface area contributed by atoms with Crippen molar-refractivity contribution in [3.63, 3.8) is 0 Å². The first-order chi connectivity index (χ1) is 18.6. The third-order valence-corrected chi connectivity index (χ3v) is 6.81. The lowest BCUT2D eigenvalue weighted by molar-refractivity contribution is -0.161. The summed E-state index contributed by atoms with van der Waals surface area (Å²) >= 11 is 0. The topological polar surface area (TPSA) is 148 Å². The van der Waals surface area contributed by atoms with Crippen molar-refractivity contribution in [2.45, 2.75) is 142 Å². The highest BCUT2D eigenvalue weighted by Crippen LogP contribution is 2.35. The molecule has 0 bridgehead atoms. The summed E-state index contributed by atoms with van der Waals surface area (Å²) in [5.41, 5.74) is 0. The van der Waals surface area contributed by atoms with Gasteiger partial charge in [0.1, 0.15) is 6.61 Å². The number of phosphoric ester groups is 1. The number of esters is 2. The molecule has 0 spiro atoms. The summed E-state index contributed by atoms with van der Waals surface area (Å²) in [5.74, 6) is -0.896. The molecule has 10 nitrogen and oxygen atoms in total. The van der Waals surface area contributed by atoms with Gasteiger partial charge in [-0.25, -0.2) is 4.57 Å². The monoisotopic (exact) mass is 579 g/mol. The van der Waals surface area contributed by atoms with E-state index >= 15 is 0 Å². The van der Waals surface area contributed by atoms with E-state index in [1.165, 1.54) is 45.4 Å². The van der Waals surface area contributed by atoms with Crippen LogP contribution in [0.4, 0.5) is 0 Å². The Morgan fingerprint density at radius 1 is 0.692 bits per heavy atom. The molecule has 0 saturated heterocycles. The van der Waals surface area contributed by atoms with Crippen molar-refractivity contribution in [2.75, 3.05) is 19.8 Å². The van der Waals surface area contributed by atoms with Crippen molar-refractivity contribution in [3.05, 3.63) is 0 Å². The van der Waals surface area contributed by atoms with Crippen molar-refractivity contribution < 1.29 is 42.7 Å². The molecule has 3 N–H and O–H groups in total. The summed E-state index contributed by atoms with van der Waals surface area (Å²) in [6, 6.07) is 0. The quantitative estimate of drug-likeness (QED) is 0.0594. The molecule has 1 amide bonds. The lowest BCUT2D eigenvalue weighted by Crippen LogP contribution is -2.29. The Morgan fingerprint density at radius 3 is 1.64 bits per heavy atom. The van der Waals surface area contributed by atoms with Gasteiger partial charge in [-0.3, -0.25) is 18.9 Å². The molecule has 0 aliphatic rings. The molecule has 39 heavy (non-hydrogen) atoms. The minimum Gasteiger partial charge on any atom is -0.462 e. The van der Waals surface area contributed by atoms with Gasteiger partial charge in [0.05, 0.1) is 6.61 Å². The summed E-state index contributed by atoms with van der Waals surface area (Å²) < 4.78 is 26.0. The van der Waals surface area contributed by atoms with Gasteiger partial charge in [0, 0.05) is 26.3 Å². The van der Waals surface area contributed by atoms with E-state index in [0.717, 1.165) is 64.3 Å². The van der Waals surface area contributed by atoms with Crippen LogP contribution >= 0.6 is 7.82 Å². The van der Waals surface area contributed by atoms with Gasteiger partial charge >= 0.3 is 19.8 Å². The molecule has 0 saturated carbocycles. The number of ether oxygens (including phenoxy) is 2. The third-order valence-electron chi connectivity index (χ3n) is 6.32. The summed E-state index contributed by atoms with van der Waals surface area (Å²) in [7, 11) is -4.74. The first kappa shape index (κ1) is 37.5. The van der Waals surface area contributed by atoms with Crippen LogP contribution in [-0.2, 0) is 32.9 Å². The molecule has 0 aliphatic heterocycles. The zero-order chi connectivity index (χ0) is 29.2. The SMILES string of the molecule is CCCCCCCCC(=O)O[C@H](COC(=O)CCCCCCCCCCCCCNC(C)=O)COP(=O)(O)O. The van der Waals surface area contributed by atoms with E-state index in [4.69, 9.17) is 19.3 Å². The number of unbranched alkanes of at least 4 members (excludes halogenated alkanes) is 15. The van der Waals surface area contributed by atoms with Gasteiger partial charge in [-0.1, -0.05) is 96.8 Å². The smallest absolute Gasteiger partial charge is 0.462 e. The van der Waals surface area contributed by atoms with Crippen molar-refractivity contribution in [1.29, 1.82) is 0 Å². The molecule has 0 aromatic heterocycles. The van der Waals surface area contributed by atoms with Crippen molar-refractivity contribution >= 4 is 25.7 Å². The maximum Gasteiger partial charge on any atom is 0.469 e. The predicted octanol–water partition coefficient (Wildman–Crippen LogP) is 6.12. The summed E-state index contributed by atoms with van der Waals surface area (Å²) in [6.45, 7) is 3.60. The highest BCUT2D eigenvalue weighted by molar-refractivity contribution is 7.46. The highest BCUT2D eigenvalue weighted by Gasteiger charge is 2.22. The Balaban J connectivity index is 3.92. The predicted molar refractivity (Wildman–Crippen MR) is 151 cm³/mol. The number of phosphoric acid groups is 1. The molecule has 0 aromatic rings. The fourth-order valence-corrected chi connectivity index (χ4v) is 4.46. The van der Waals surface area contributed by atoms with Crippen LogP contribution < -0.4 is 5.32 Å². The Kier molecular flexibility index (Phi) is 24.5. The van der Waals surface area contributed by atoms with E-state index in [2.05, 4.69) is 16.8 Å². The average molecular weight is 580 g/mol. The maximum atomic E-state index is 12.1. The zero-order valence-electron chi connectivity index (χ0n) is 24.3. The second-order valence-electron chi connectivity index (χ2n) is 10.2. The Bertz CT molecular complexity index is 684. The van der Waals surface area contributed by atoms with Crippen LogP contribution in [0.1, 0.15) is 136 Å². The summed E-state index contributed by atoms with van der Waals surface area (Å²) in [4.78, 5) is 52.9.